The molecule has 1 N–H and O–H groups in total. The van der Waals surface area contributed by atoms with Crippen LogP contribution in [0, 0.1) is 6.92 Å². The van der Waals surface area contributed by atoms with Crippen molar-refractivity contribution >= 4 is 23.3 Å². The van der Waals surface area contributed by atoms with Gasteiger partial charge in [-0.05, 0) is 30.7 Å². The lowest BCUT2D eigenvalue weighted by Gasteiger charge is -2.36. The van der Waals surface area contributed by atoms with Crippen LogP contribution < -0.4 is 4.90 Å². The van der Waals surface area contributed by atoms with Crippen LogP contribution in [-0.4, -0.2) is 46.7 Å². The highest BCUT2D eigenvalue weighted by Gasteiger charge is 2.21. The van der Waals surface area contributed by atoms with Crippen LogP contribution >= 0.6 is 11.6 Å². The number of aromatic nitrogens is 1. The molecule has 0 atom stereocenters. The van der Waals surface area contributed by atoms with Crippen molar-refractivity contribution in [2.24, 2.45) is 7.05 Å². The molecule has 0 amide bonds. The van der Waals surface area contributed by atoms with Gasteiger partial charge in [-0.3, -0.25) is 4.90 Å². The molecule has 0 saturated carbocycles. The monoisotopic (exact) mass is 347 g/mol. The second-order valence-corrected chi connectivity index (χ2v) is 6.63. The van der Waals surface area contributed by atoms with Gasteiger partial charge in [0.1, 0.15) is 5.69 Å². The molecule has 24 heavy (non-hydrogen) atoms. The van der Waals surface area contributed by atoms with Crippen molar-refractivity contribution in [2.45, 2.75) is 13.5 Å². The largest absolute Gasteiger partial charge is 0.477 e. The predicted molar refractivity (Wildman–Crippen MR) is 96.1 cm³/mol. The van der Waals surface area contributed by atoms with Crippen molar-refractivity contribution in [3.05, 3.63) is 52.3 Å². The van der Waals surface area contributed by atoms with Crippen LogP contribution in [0.2, 0.25) is 5.02 Å². The fourth-order valence-corrected chi connectivity index (χ4v) is 3.48. The normalized spacial score (nSPS) is 15.7. The molecule has 128 valence electrons. The molecule has 5 nitrogen and oxygen atoms in total. The number of aromatic carboxylic acids is 1. The molecular weight excluding hydrogens is 326 g/mol. The average Bonchev–Trinajstić information content (AvgIpc) is 2.85. The number of halogens is 1. The molecule has 0 aliphatic carbocycles. The maximum Gasteiger partial charge on any atom is 0.352 e. The summed E-state index contributed by atoms with van der Waals surface area (Å²) in [6.07, 6.45) is 0. The van der Waals surface area contributed by atoms with Crippen molar-refractivity contribution in [2.75, 3.05) is 31.1 Å². The summed E-state index contributed by atoms with van der Waals surface area (Å²) >= 11 is 6.28. The van der Waals surface area contributed by atoms with Crippen LogP contribution in [0.4, 0.5) is 5.69 Å². The van der Waals surface area contributed by atoms with E-state index >= 15 is 0 Å². The molecule has 1 aromatic heterocycles. The first kappa shape index (κ1) is 16.9. The first-order valence-corrected chi connectivity index (χ1v) is 8.45. The zero-order valence-corrected chi connectivity index (χ0v) is 14.8. The Morgan fingerprint density at radius 2 is 1.88 bits per heavy atom. The minimum atomic E-state index is -0.879. The smallest absolute Gasteiger partial charge is 0.352 e. The first-order chi connectivity index (χ1) is 11.5. The van der Waals surface area contributed by atoms with Gasteiger partial charge in [0.25, 0.3) is 0 Å². The van der Waals surface area contributed by atoms with Crippen molar-refractivity contribution in [3.63, 3.8) is 0 Å². The van der Waals surface area contributed by atoms with Gasteiger partial charge in [0.2, 0.25) is 0 Å². The first-order valence-electron chi connectivity index (χ1n) is 8.07. The Morgan fingerprint density at radius 1 is 1.21 bits per heavy atom. The minimum Gasteiger partial charge on any atom is -0.477 e. The van der Waals surface area contributed by atoms with Gasteiger partial charge in [-0.1, -0.05) is 23.7 Å². The fraction of sp³-hybridized carbons (Fsp3) is 0.389. The zero-order chi connectivity index (χ0) is 17.3. The lowest BCUT2D eigenvalue weighted by Crippen LogP contribution is -2.46. The number of rotatable bonds is 4. The van der Waals surface area contributed by atoms with Gasteiger partial charge < -0.3 is 14.6 Å². The van der Waals surface area contributed by atoms with Crippen LogP contribution in [0.1, 0.15) is 21.7 Å². The zero-order valence-electron chi connectivity index (χ0n) is 14.0. The Morgan fingerprint density at radius 3 is 2.46 bits per heavy atom. The number of hydrogen-bond donors (Lipinski definition) is 1. The van der Waals surface area contributed by atoms with Crippen LogP contribution in [0.3, 0.4) is 0 Å². The summed E-state index contributed by atoms with van der Waals surface area (Å²) in [5, 5.41) is 10.0. The Balaban J connectivity index is 1.65. The molecule has 2 heterocycles. The number of carboxylic acid groups (broad SMARTS) is 1. The molecule has 0 spiro atoms. The van der Waals surface area contributed by atoms with Gasteiger partial charge >= 0.3 is 5.97 Å². The topological polar surface area (TPSA) is 48.7 Å². The summed E-state index contributed by atoms with van der Waals surface area (Å²) < 4.78 is 1.75. The maximum absolute atomic E-state index is 11.3. The molecule has 2 aromatic rings. The number of piperazine rings is 1. The third-order valence-electron chi connectivity index (χ3n) is 4.82. The highest BCUT2D eigenvalue weighted by atomic mass is 35.5. The van der Waals surface area contributed by atoms with E-state index < -0.39 is 5.97 Å². The van der Waals surface area contributed by atoms with E-state index in [1.807, 2.05) is 25.1 Å². The van der Waals surface area contributed by atoms with Gasteiger partial charge in [0, 0.05) is 45.5 Å². The standard InChI is InChI=1S/C18H22ClN3O2/c1-13-14(11-17(18(23)24)20(13)2)12-21-7-9-22(10-8-21)16-6-4-3-5-15(16)19/h3-6,11H,7-10,12H2,1-2H3,(H,23,24). The minimum absolute atomic E-state index is 0.345. The number of carbonyl (C=O) groups is 1. The lowest BCUT2D eigenvalue weighted by atomic mass is 10.2. The Hall–Kier alpha value is -1.98. The third-order valence-corrected chi connectivity index (χ3v) is 5.14. The van der Waals surface area contributed by atoms with Gasteiger partial charge in [0.15, 0.2) is 0 Å². The van der Waals surface area contributed by atoms with Crippen molar-refractivity contribution < 1.29 is 9.90 Å². The van der Waals surface area contributed by atoms with Crippen LogP contribution in [0.25, 0.3) is 0 Å². The van der Waals surface area contributed by atoms with E-state index in [0.29, 0.717) is 5.69 Å². The van der Waals surface area contributed by atoms with Gasteiger partial charge in [0.05, 0.1) is 10.7 Å². The van der Waals surface area contributed by atoms with Crippen molar-refractivity contribution in [1.29, 1.82) is 0 Å². The van der Waals surface area contributed by atoms with Gasteiger partial charge in [-0.15, -0.1) is 0 Å². The van der Waals surface area contributed by atoms with E-state index in [-0.39, 0.29) is 0 Å². The molecule has 1 fully saturated rings. The Kier molecular flexibility index (Phi) is 4.83. The SMILES string of the molecule is Cc1c(CN2CCN(c3ccccc3Cl)CC2)cc(C(=O)O)n1C. The van der Waals surface area contributed by atoms with E-state index in [0.717, 1.165) is 54.7 Å². The van der Waals surface area contributed by atoms with Crippen LogP contribution in [0.15, 0.2) is 30.3 Å². The molecular formula is C18H22ClN3O2. The number of nitrogens with zero attached hydrogens (tertiary/aromatic N) is 3. The second-order valence-electron chi connectivity index (χ2n) is 6.22. The molecule has 0 bridgehead atoms. The summed E-state index contributed by atoms with van der Waals surface area (Å²) in [4.78, 5) is 15.9. The van der Waals surface area contributed by atoms with Crippen molar-refractivity contribution in [1.82, 2.24) is 9.47 Å². The number of anilines is 1. The second kappa shape index (κ2) is 6.87. The number of para-hydroxylation sites is 1. The summed E-state index contributed by atoms with van der Waals surface area (Å²) in [7, 11) is 1.80. The number of benzene rings is 1. The summed E-state index contributed by atoms with van der Waals surface area (Å²) in [6, 6.07) is 9.72. The fourth-order valence-electron chi connectivity index (χ4n) is 3.22. The molecule has 1 saturated heterocycles. The quantitative estimate of drug-likeness (QED) is 0.923. The molecule has 1 aliphatic heterocycles. The molecule has 3 rings (SSSR count). The van der Waals surface area contributed by atoms with Crippen LogP contribution in [-0.2, 0) is 13.6 Å². The van der Waals surface area contributed by atoms with Gasteiger partial charge in [-0.2, -0.15) is 0 Å². The van der Waals surface area contributed by atoms with Crippen molar-refractivity contribution in [3.8, 4) is 0 Å². The molecule has 0 radical (unpaired) electrons. The molecule has 1 aliphatic rings. The predicted octanol–water partition coefficient (Wildman–Crippen LogP) is 3.01. The molecule has 6 heteroatoms. The van der Waals surface area contributed by atoms with E-state index in [1.165, 1.54) is 0 Å². The Bertz CT molecular complexity index is 749. The van der Waals surface area contributed by atoms with E-state index in [9.17, 15) is 9.90 Å². The molecule has 0 unspecified atom stereocenters. The van der Waals surface area contributed by atoms with E-state index in [4.69, 9.17) is 11.6 Å². The van der Waals surface area contributed by atoms with E-state index in [1.54, 1.807) is 17.7 Å². The number of hydrogen-bond acceptors (Lipinski definition) is 3. The summed E-state index contributed by atoms with van der Waals surface area (Å²) in [5.74, 6) is -0.879. The lowest BCUT2D eigenvalue weighted by molar-refractivity contribution is 0.0686. The van der Waals surface area contributed by atoms with Crippen LogP contribution in [0.5, 0.6) is 0 Å². The van der Waals surface area contributed by atoms with Gasteiger partial charge in [-0.25, -0.2) is 4.79 Å². The van der Waals surface area contributed by atoms with E-state index in [2.05, 4.69) is 15.9 Å². The third kappa shape index (κ3) is 3.28. The average molecular weight is 348 g/mol. The maximum atomic E-state index is 11.3. The highest BCUT2D eigenvalue weighted by Crippen LogP contribution is 2.26. The highest BCUT2D eigenvalue weighted by molar-refractivity contribution is 6.33. The summed E-state index contributed by atoms with van der Waals surface area (Å²) in [5.41, 5.74) is 3.53. The number of carboxylic acids is 1. The summed E-state index contributed by atoms with van der Waals surface area (Å²) in [6.45, 7) is 6.46. The Labute approximate surface area is 147 Å². The molecule has 1 aromatic carbocycles.